The summed E-state index contributed by atoms with van der Waals surface area (Å²) < 4.78 is 3.68. The first-order valence-corrected chi connectivity index (χ1v) is 7.31. The minimum atomic E-state index is -0.298. The van der Waals surface area contributed by atoms with Crippen molar-refractivity contribution < 1.29 is 0 Å². The molecule has 1 aliphatic rings. The third-order valence-corrected chi connectivity index (χ3v) is 4.06. The quantitative estimate of drug-likeness (QED) is 0.554. The maximum Gasteiger partial charge on any atom is 0.300 e. The van der Waals surface area contributed by atoms with Gasteiger partial charge in [0.05, 0.1) is 17.4 Å². The summed E-state index contributed by atoms with van der Waals surface area (Å²) in [7, 11) is 0. The molecule has 0 fully saturated rings. The van der Waals surface area contributed by atoms with Gasteiger partial charge in [-0.2, -0.15) is 4.98 Å². The number of rotatable bonds is 2. The molecule has 0 saturated heterocycles. The van der Waals surface area contributed by atoms with Crippen molar-refractivity contribution in [1.29, 1.82) is 0 Å². The van der Waals surface area contributed by atoms with E-state index in [1.807, 2.05) is 57.5 Å². The summed E-state index contributed by atoms with van der Waals surface area (Å²) in [5, 5.41) is 0.919. The number of hydrogen-bond donors (Lipinski definition) is 0. The summed E-state index contributed by atoms with van der Waals surface area (Å²) in [6.45, 7) is 0.582. The van der Waals surface area contributed by atoms with Crippen LogP contribution >= 0.6 is 0 Å². The van der Waals surface area contributed by atoms with Crippen LogP contribution in [-0.4, -0.2) is 23.9 Å². The van der Waals surface area contributed by atoms with E-state index in [4.69, 9.17) is 0 Å². The molecule has 0 spiro atoms. The fraction of sp³-hybridized carbons (Fsp3) is 0.0588. The molecule has 0 amide bonds. The summed E-state index contributed by atoms with van der Waals surface area (Å²) in [5.41, 5.74) is 2.73. The number of allylic oxidation sites excluding steroid dienone is 1. The van der Waals surface area contributed by atoms with Crippen molar-refractivity contribution in [3.8, 4) is 0 Å². The van der Waals surface area contributed by atoms with Gasteiger partial charge in [-0.25, -0.2) is 9.97 Å². The first-order valence-electron chi connectivity index (χ1n) is 7.31. The largest absolute Gasteiger partial charge is 0.320 e. The van der Waals surface area contributed by atoms with Crippen molar-refractivity contribution in [3.63, 3.8) is 0 Å². The first kappa shape index (κ1) is 12.3. The molecular weight excluding hydrogens is 290 g/mol. The Bertz CT molecular complexity index is 1200. The van der Waals surface area contributed by atoms with Gasteiger partial charge in [0.1, 0.15) is 0 Å². The van der Waals surface area contributed by atoms with Gasteiger partial charge in [0.25, 0.3) is 0 Å². The van der Waals surface area contributed by atoms with Gasteiger partial charge in [-0.15, -0.1) is 0 Å². The van der Waals surface area contributed by atoms with E-state index in [9.17, 15) is 4.79 Å². The van der Waals surface area contributed by atoms with E-state index in [2.05, 4.69) is 15.0 Å². The second kappa shape index (κ2) is 4.36. The van der Waals surface area contributed by atoms with E-state index in [1.165, 1.54) is 0 Å². The topological polar surface area (TPSA) is 65.1 Å². The van der Waals surface area contributed by atoms with Crippen LogP contribution < -0.4 is 10.9 Å². The molecule has 5 rings (SSSR count). The third-order valence-electron chi connectivity index (χ3n) is 4.06. The summed E-state index contributed by atoms with van der Waals surface area (Å²) in [4.78, 5) is 25.4. The van der Waals surface area contributed by atoms with Crippen LogP contribution in [0.4, 0.5) is 0 Å². The predicted octanol–water partition coefficient (Wildman–Crippen LogP) is 1.01. The van der Waals surface area contributed by atoms with Crippen LogP contribution in [0.2, 0.25) is 0 Å². The smallest absolute Gasteiger partial charge is 0.300 e. The Kier molecular flexibility index (Phi) is 2.33. The lowest BCUT2D eigenvalue weighted by Gasteiger charge is -2.03. The Morgan fingerprint density at radius 1 is 1.09 bits per heavy atom. The average Bonchev–Trinajstić information content (AvgIpc) is 3.22. The zero-order valence-electron chi connectivity index (χ0n) is 12.0. The number of aromatic nitrogens is 5. The highest BCUT2D eigenvalue weighted by molar-refractivity contribution is 5.75. The van der Waals surface area contributed by atoms with Crippen LogP contribution in [0, 0.1) is 0 Å². The molecule has 0 N–H and O–H groups in total. The third kappa shape index (κ3) is 1.69. The first-order chi connectivity index (χ1) is 11.3. The van der Waals surface area contributed by atoms with Gasteiger partial charge in [0, 0.05) is 6.54 Å². The fourth-order valence-electron chi connectivity index (χ4n) is 3.03. The molecule has 0 atom stereocenters. The van der Waals surface area contributed by atoms with E-state index in [0.717, 1.165) is 16.6 Å². The van der Waals surface area contributed by atoms with Gasteiger partial charge in [-0.3, -0.25) is 9.20 Å². The van der Waals surface area contributed by atoms with E-state index < -0.39 is 0 Å². The molecule has 3 aromatic heterocycles. The Hall–Kier alpha value is -3.28. The van der Waals surface area contributed by atoms with Crippen molar-refractivity contribution >= 4 is 29.1 Å². The van der Waals surface area contributed by atoms with Crippen LogP contribution in [-0.2, 0) is 6.54 Å². The van der Waals surface area contributed by atoms with Gasteiger partial charge in [-0.05, 0) is 17.7 Å². The van der Waals surface area contributed by atoms with Gasteiger partial charge in [0.15, 0.2) is 11.2 Å². The number of fused-ring (bicyclic) bond motifs is 5. The summed E-state index contributed by atoms with van der Waals surface area (Å²) in [5.74, 6) is 0.401. The van der Waals surface area contributed by atoms with Crippen LogP contribution in [0.3, 0.4) is 0 Å². The summed E-state index contributed by atoms with van der Waals surface area (Å²) in [6.07, 6.45) is 7.48. The molecular formula is C17H11N5O. The molecule has 110 valence electrons. The Morgan fingerprint density at radius 2 is 1.96 bits per heavy atom. The fourth-order valence-corrected chi connectivity index (χ4v) is 3.03. The predicted molar refractivity (Wildman–Crippen MR) is 86.8 cm³/mol. The lowest BCUT2D eigenvalue weighted by molar-refractivity contribution is 0.820. The molecule has 23 heavy (non-hydrogen) atoms. The van der Waals surface area contributed by atoms with Gasteiger partial charge < -0.3 is 4.57 Å². The molecule has 0 aliphatic heterocycles. The highest BCUT2D eigenvalue weighted by Crippen LogP contribution is 2.13. The maximum atomic E-state index is 12.4. The van der Waals surface area contributed by atoms with Gasteiger partial charge in [-0.1, -0.05) is 36.4 Å². The average molecular weight is 301 g/mol. The minimum absolute atomic E-state index is 0.298. The van der Waals surface area contributed by atoms with Crippen LogP contribution in [0.15, 0.2) is 47.5 Å². The van der Waals surface area contributed by atoms with E-state index in [1.54, 1.807) is 6.33 Å². The monoisotopic (exact) mass is 301 g/mol. The van der Waals surface area contributed by atoms with Crippen LogP contribution in [0.25, 0.3) is 29.1 Å². The number of benzene rings is 1. The lowest BCUT2D eigenvalue weighted by atomic mass is 10.2. The van der Waals surface area contributed by atoms with Crippen LogP contribution in [0.5, 0.6) is 0 Å². The van der Waals surface area contributed by atoms with Crippen LogP contribution in [0.1, 0.15) is 11.3 Å². The van der Waals surface area contributed by atoms with Crippen molar-refractivity contribution in [2.24, 2.45) is 0 Å². The minimum Gasteiger partial charge on any atom is -0.320 e. The highest BCUT2D eigenvalue weighted by Gasteiger charge is 2.17. The SMILES string of the molecule is O=c1nc2nc3c(n2c2ncn(Cc4ccccc4)c12)=CC=C3. The molecule has 6 nitrogen and oxygen atoms in total. The Labute approximate surface area is 130 Å². The number of nitrogens with zero attached hydrogens (tertiary/aromatic N) is 5. The molecule has 1 aliphatic carbocycles. The zero-order chi connectivity index (χ0) is 15.4. The standard InChI is InChI=1S/C17H11N5O/c23-16-14-15(18-10-21(14)9-11-5-2-1-3-6-11)22-13-8-4-7-12(13)19-17(22)20-16/h1-8,10H,9H2. The van der Waals surface area contributed by atoms with E-state index >= 15 is 0 Å². The Morgan fingerprint density at radius 3 is 2.83 bits per heavy atom. The molecule has 0 saturated carbocycles. The van der Waals surface area contributed by atoms with Gasteiger partial charge >= 0.3 is 5.56 Å². The molecule has 1 aromatic carbocycles. The van der Waals surface area contributed by atoms with Crippen molar-refractivity contribution in [1.82, 2.24) is 23.9 Å². The molecule has 0 radical (unpaired) electrons. The molecule has 0 unspecified atom stereocenters. The maximum absolute atomic E-state index is 12.4. The summed E-state index contributed by atoms with van der Waals surface area (Å²) >= 11 is 0. The van der Waals surface area contributed by atoms with E-state index in [-0.39, 0.29) is 5.56 Å². The lowest BCUT2D eigenvalue weighted by Crippen LogP contribution is -2.18. The van der Waals surface area contributed by atoms with Gasteiger partial charge in [0.2, 0.25) is 5.78 Å². The molecule has 6 heteroatoms. The second-order valence-electron chi connectivity index (χ2n) is 5.49. The number of imidazole rings is 2. The summed E-state index contributed by atoms with van der Waals surface area (Å²) in [6, 6.07) is 9.97. The van der Waals surface area contributed by atoms with Crippen molar-refractivity contribution in [2.45, 2.75) is 6.54 Å². The molecule has 4 aromatic rings. The van der Waals surface area contributed by atoms with Crippen molar-refractivity contribution in [3.05, 3.63) is 69.7 Å². The second-order valence-corrected chi connectivity index (χ2v) is 5.49. The van der Waals surface area contributed by atoms with Crippen molar-refractivity contribution in [2.75, 3.05) is 0 Å². The normalized spacial score (nSPS) is 12.9. The Balaban J connectivity index is 1.81. The molecule has 3 heterocycles. The number of hydrogen-bond acceptors (Lipinski definition) is 4. The highest BCUT2D eigenvalue weighted by atomic mass is 16.1. The zero-order valence-corrected chi connectivity index (χ0v) is 12.0. The van der Waals surface area contributed by atoms with E-state index in [0.29, 0.717) is 23.5 Å². The molecule has 0 bridgehead atoms.